The lowest BCUT2D eigenvalue weighted by molar-refractivity contribution is -0.143. The fraction of sp³-hybridized carbons (Fsp3) is 0.444. The minimum atomic E-state index is -1.82. The molecule has 17 heteroatoms. The molecule has 0 spiro atoms. The Hall–Kier alpha value is -4.54. The zero-order valence-corrected chi connectivity index (χ0v) is 18.1. The highest BCUT2D eigenvalue weighted by molar-refractivity contribution is 5.97. The third-order valence-corrected chi connectivity index (χ3v) is 4.37. The van der Waals surface area contributed by atoms with E-state index in [4.69, 9.17) is 21.7 Å². The maximum Gasteiger partial charge on any atom is 0.326 e. The predicted octanol–water partition coefficient (Wildman–Crippen LogP) is -4.36. The topological polar surface area (TPSA) is 297 Å². The van der Waals surface area contributed by atoms with Gasteiger partial charge in [-0.2, -0.15) is 0 Å². The van der Waals surface area contributed by atoms with Gasteiger partial charge in [-0.25, -0.2) is 9.78 Å². The second-order valence-electron chi connectivity index (χ2n) is 7.28. The van der Waals surface area contributed by atoms with Gasteiger partial charge in [0.2, 0.25) is 23.6 Å². The van der Waals surface area contributed by atoms with E-state index in [1.165, 1.54) is 12.5 Å². The van der Waals surface area contributed by atoms with E-state index < -0.39 is 85.0 Å². The quantitative estimate of drug-likeness (QED) is 0.111. The van der Waals surface area contributed by atoms with Gasteiger partial charge < -0.3 is 47.7 Å². The van der Waals surface area contributed by atoms with Gasteiger partial charge in [0.1, 0.15) is 18.1 Å². The van der Waals surface area contributed by atoms with Gasteiger partial charge in [0.05, 0.1) is 31.6 Å². The molecule has 0 saturated carbocycles. The Kier molecular flexibility index (Phi) is 10.8. The van der Waals surface area contributed by atoms with Crippen molar-refractivity contribution in [2.45, 2.75) is 49.9 Å². The summed E-state index contributed by atoms with van der Waals surface area (Å²) in [6, 6.07) is -6.66. The van der Waals surface area contributed by atoms with E-state index in [-0.39, 0.29) is 6.42 Å². The summed E-state index contributed by atoms with van der Waals surface area (Å²) in [6.45, 7) is 0. The summed E-state index contributed by atoms with van der Waals surface area (Å²) in [6.07, 6.45) is -0.228. The molecule has 0 aliphatic rings. The Balaban J connectivity index is 3.00. The molecule has 17 nitrogen and oxygen atoms in total. The average molecular weight is 499 g/mol. The second-order valence-corrected chi connectivity index (χ2v) is 7.28. The van der Waals surface area contributed by atoms with Crippen molar-refractivity contribution in [3.05, 3.63) is 18.2 Å². The first kappa shape index (κ1) is 28.5. The standard InChI is InChI=1S/C18H25N7O10/c19-8(2-13(27)28)15(31)23-9(3-12(20)26)16(32)24-10(4-14(29)30)17(33)25-11(18(34)35)1-7-5-21-6-22-7/h5-6,8-11H,1-4,19H2,(H2,20,26)(H,21,22)(H,23,31)(H,24,32)(H,25,33)(H,27,28)(H,29,30)(H,34,35). The third kappa shape index (κ3) is 10.3. The molecule has 0 saturated heterocycles. The summed E-state index contributed by atoms with van der Waals surface area (Å²) < 4.78 is 0. The van der Waals surface area contributed by atoms with Crippen molar-refractivity contribution in [2.75, 3.05) is 0 Å². The average Bonchev–Trinajstić information content (AvgIpc) is 3.24. The van der Waals surface area contributed by atoms with Crippen LogP contribution in [0.2, 0.25) is 0 Å². The number of nitrogens with zero attached hydrogens (tertiary/aromatic N) is 1. The van der Waals surface area contributed by atoms with Crippen LogP contribution in [0.15, 0.2) is 12.5 Å². The Morgan fingerprint density at radius 1 is 0.829 bits per heavy atom. The van der Waals surface area contributed by atoms with E-state index in [0.717, 1.165) is 0 Å². The van der Waals surface area contributed by atoms with Crippen molar-refractivity contribution >= 4 is 41.5 Å². The van der Waals surface area contributed by atoms with Gasteiger partial charge in [0.15, 0.2) is 0 Å². The van der Waals surface area contributed by atoms with Crippen LogP contribution in [0.1, 0.15) is 25.0 Å². The van der Waals surface area contributed by atoms with Crippen molar-refractivity contribution in [2.24, 2.45) is 11.5 Å². The number of carboxylic acids is 3. The van der Waals surface area contributed by atoms with Crippen LogP contribution in [-0.4, -0.2) is 91.0 Å². The lowest BCUT2D eigenvalue weighted by atomic mass is 10.1. The molecule has 0 fully saturated rings. The van der Waals surface area contributed by atoms with Crippen molar-refractivity contribution < 1.29 is 48.9 Å². The summed E-state index contributed by atoms with van der Waals surface area (Å²) in [5, 5.41) is 33.3. The van der Waals surface area contributed by atoms with Crippen LogP contribution in [-0.2, 0) is 40.0 Å². The molecular formula is C18H25N7O10. The van der Waals surface area contributed by atoms with Crippen LogP contribution >= 0.6 is 0 Å². The number of primary amides is 1. The van der Waals surface area contributed by atoms with Crippen LogP contribution in [0.5, 0.6) is 0 Å². The van der Waals surface area contributed by atoms with Gasteiger partial charge in [0.25, 0.3) is 0 Å². The number of carbonyl (C=O) groups excluding carboxylic acids is 4. The number of imidazole rings is 1. The number of hydrogen-bond acceptors (Lipinski definition) is 9. The first-order chi connectivity index (χ1) is 16.3. The normalized spacial score (nSPS) is 14.0. The number of hydrogen-bond donors (Lipinski definition) is 9. The molecule has 1 aromatic heterocycles. The van der Waals surface area contributed by atoms with Gasteiger partial charge in [-0.05, 0) is 0 Å². The van der Waals surface area contributed by atoms with Crippen LogP contribution in [0.4, 0.5) is 0 Å². The van der Waals surface area contributed by atoms with E-state index in [0.29, 0.717) is 5.69 Å². The number of aromatic amines is 1. The SMILES string of the molecule is NC(=O)CC(NC(=O)C(N)CC(=O)O)C(=O)NC(CC(=O)O)C(=O)NC(Cc1cnc[nH]1)C(=O)O. The highest BCUT2D eigenvalue weighted by atomic mass is 16.4. The predicted molar refractivity (Wildman–Crippen MR) is 112 cm³/mol. The summed E-state index contributed by atoms with van der Waals surface area (Å²) in [5.41, 5.74) is 10.8. The van der Waals surface area contributed by atoms with Gasteiger partial charge in [-0.3, -0.25) is 28.8 Å². The van der Waals surface area contributed by atoms with Crippen LogP contribution in [0.3, 0.4) is 0 Å². The molecule has 0 aliphatic heterocycles. The van der Waals surface area contributed by atoms with Crippen molar-refractivity contribution in [1.29, 1.82) is 0 Å². The number of nitrogens with two attached hydrogens (primary N) is 2. The molecule has 1 rings (SSSR count). The molecule has 4 atom stereocenters. The molecule has 0 aromatic carbocycles. The van der Waals surface area contributed by atoms with Gasteiger partial charge in [0, 0.05) is 18.3 Å². The summed E-state index contributed by atoms with van der Waals surface area (Å²) in [4.78, 5) is 88.4. The third-order valence-electron chi connectivity index (χ3n) is 4.37. The Morgan fingerprint density at radius 3 is 1.80 bits per heavy atom. The summed E-state index contributed by atoms with van der Waals surface area (Å²) in [7, 11) is 0. The van der Waals surface area contributed by atoms with Gasteiger partial charge >= 0.3 is 17.9 Å². The van der Waals surface area contributed by atoms with E-state index in [9.17, 15) is 38.7 Å². The van der Waals surface area contributed by atoms with E-state index in [2.05, 4.69) is 15.3 Å². The zero-order valence-electron chi connectivity index (χ0n) is 18.1. The van der Waals surface area contributed by atoms with E-state index in [1.54, 1.807) is 0 Å². The van der Waals surface area contributed by atoms with Crippen LogP contribution < -0.4 is 27.4 Å². The first-order valence-electron chi connectivity index (χ1n) is 9.88. The molecule has 1 heterocycles. The number of rotatable bonds is 15. The van der Waals surface area contributed by atoms with Gasteiger partial charge in [-0.1, -0.05) is 0 Å². The molecule has 4 unspecified atom stereocenters. The lowest BCUT2D eigenvalue weighted by Crippen LogP contribution is -2.58. The zero-order chi connectivity index (χ0) is 26.7. The fourth-order valence-corrected chi connectivity index (χ4v) is 2.71. The van der Waals surface area contributed by atoms with Crippen molar-refractivity contribution in [3.8, 4) is 0 Å². The minimum Gasteiger partial charge on any atom is -0.481 e. The second kappa shape index (κ2) is 13.2. The summed E-state index contributed by atoms with van der Waals surface area (Å²) >= 11 is 0. The maximum absolute atomic E-state index is 12.6. The van der Waals surface area contributed by atoms with E-state index in [1.807, 2.05) is 10.6 Å². The first-order valence-corrected chi connectivity index (χ1v) is 9.88. The van der Waals surface area contributed by atoms with Crippen molar-refractivity contribution in [3.63, 3.8) is 0 Å². The molecule has 0 radical (unpaired) electrons. The Morgan fingerprint density at radius 2 is 1.34 bits per heavy atom. The molecule has 1 aromatic rings. The number of carbonyl (C=O) groups is 7. The fourth-order valence-electron chi connectivity index (χ4n) is 2.71. The monoisotopic (exact) mass is 499 g/mol. The highest BCUT2D eigenvalue weighted by Gasteiger charge is 2.32. The lowest BCUT2D eigenvalue weighted by Gasteiger charge is -2.24. The number of nitrogens with one attached hydrogen (secondary N) is 4. The van der Waals surface area contributed by atoms with Crippen LogP contribution in [0, 0.1) is 0 Å². The maximum atomic E-state index is 12.6. The Bertz CT molecular complexity index is 965. The largest absolute Gasteiger partial charge is 0.481 e. The number of aliphatic carboxylic acids is 3. The molecular weight excluding hydrogens is 474 g/mol. The molecule has 192 valence electrons. The smallest absolute Gasteiger partial charge is 0.326 e. The number of H-pyrrole nitrogens is 1. The molecule has 11 N–H and O–H groups in total. The number of aromatic nitrogens is 2. The van der Waals surface area contributed by atoms with Crippen molar-refractivity contribution in [1.82, 2.24) is 25.9 Å². The minimum absolute atomic E-state index is 0.239. The van der Waals surface area contributed by atoms with Gasteiger partial charge in [-0.15, -0.1) is 0 Å². The summed E-state index contributed by atoms with van der Waals surface area (Å²) in [5.74, 6) is -9.00. The van der Waals surface area contributed by atoms with E-state index >= 15 is 0 Å². The molecule has 0 aliphatic carbocycles. The number of carboxylic acid groups (broad SMARTS) is 3. The molecule has 4 amide bonds. The Labute approximate surface area is 196 Å². The molecule has 35 heavy (non-hydrogen) atoms. The highest BCUT2D eigenvalue weighted by Crippen LogP contribution is 2.03. The number of amides is 4. The molecule has 0 bridgehead atoms. The van der Waals surface area contributed by atoms with Crippen LogP contribution in [0.25, 0.3) is 0 Å².